The molecule has 2 aromatic rings. The van der Waals surface area contributed by atoms with Gasteiger partial charge < -0.3 is 5.32 Å². The number of rotatable bonds is 4. The molecule has 0 bridgehead atoms. The summed E-state index contributed by atoms with van der Waals surface area (Å²) in [5, 5.41) is 5.19. The third-order valence-corrected chi connectivity index (χ3v) is 5.13. The molecular formula is C16H13Cl4N. The lowest BCUT2D eigenvalue weighted by Gasteiger charge is -2.15. The Labute approximate surface area is 144 Å². The normalized spacial score (nSPS) is 14.5. The minimum atomic E-state index is 0.408. The molecule has 110 valence electrons. The maximum atomic E-state index is 6.36. The molecule has 0 atom stereocenters. The van der Waals surface area contributed by atoms with Gasteiger partial charge in [-0.05, 0) is 30.0 Å². The predicted molar refractivity (Wildman–Crippen MR) is 91.8 cm³/mol. The van der Waals surface area contributed by atoms with E-state index in [4.69, 9.17) is 46.4 Å². The lowest BCUT2D eigenvalue weighted by Crippen LogP contribution is -2.15. The number of hydrogen-bond acceptors (Lipinski definition) is 1. The van der Waals surface area contributed by atoms with Crippen molar-refractivity contribution in [2.75, 3.05) is 0 Å². The van der Waals surface area contributed by atoms with Crippen LogP contribution in [0.4, 0.5) is 0 Å². The van der Waals surface area contributed by atoms with Crippen LogP contribution in [0.15, 0.2) is 30.3 Å². The molecule has 0 unspecified atom stereocenters. The van der Waals surface area contributed by atoms with E-state index < -0.39 is 0 Å². The molecule has 1 N–H and O–H groups in total. The average Bonchev–Trinajstić information content (AvgIpc) is 3.29. The van der Waals surface area contributed by atoms with Gasteiger partial charge in [0.05, 0.1) is 20.1 Å². The second kappa shape index (κ2) is 6.36. The van der Waals surface area contributed by atoms with Crippen LogP contribution in [0.25, 0.3) is 11.1 Å². The zero-order valence-electron chi connectivity index (χ0n) is 11.1. The Bertz CT molecular complexity index is 654. The van der Waals surface area contributed by atoms with Crippen molar-refractivity contribution in [2.45, 2.75) is 25.4 Å². The molecule has 0 saturated heterocycles. The first kappa shape index (κ1) is 15.5. The van der Waals surface area contributed by atoms with Crippen LogP contribution in [0.1, 0.15) is 18.4 Å². The topological polar surface area (TPSA) is 12.0 Å². The largest absolute Gasteiger partial charge is 0.310 e. The van der Waals surface area contributed by atoms with Crippen LogP contribution in [-0.4, -0.2) is 6.04 Å². The highest BCUT2D eigenvalue weighted by molar-refractivity contribution is 6.50. The highest BCUT2D eigenvalue weighted by Crippen LogP contribution is 2.44. The van der Waals surface area contributed by atoms with E-state index in [0.717, 1.165) is 17.7 Å². The van der Waals surface area contributed by atoms with Crippen molar-refractivity contribution in [3.8, 4) is 11.1 Å². The lowest BCUT2D eigenvalue weighted by atomic mass is 9.99. The van der Waals surface area contributed by atoms with E-state index in [9.17, 15) is 0 Å². The monoisotopic (exact) mass is 359 g/mol. The van der Waals surface area contributed by atoms with Crippen molar-refractivity contribution in [2.24, 2.45) is 0 Å². The van der Waals surface area contributed by atoms with Gasteiger partial charge in [-0.3, -0.25) is 0 Å². The van der Waals surface area contributed by atoms with Crippen LogP contribution < -0.4 is 5.32 Å². The van der Waals surface area contributed by atoms with Crippen molar-refractivity contribution in [1.29, 1.82) is 0 Å². The van der Waals surface area contributed by atoms with Gasteiger partial charge in [-0.1, -0.05) is 70.7 Å². The zero-order valence-corrected chi connectivity index (χ0v) is 14.1. The standard InChI is InChI=1S/C16H13Cl4N/c17-12-7-13(18)16(20)14(15(12)19)11-4-2-1-3-9(11)8-21-10-5-6-10/h1-4,7,10,21H,5-6,8H2. The summed E-state index contributed by atoms with van der Waals surface area (Å²) in [4.78, 5) is 0. The third-order valence-electron chi connectivity index (χ3n) is 3.56. The van der Waals surface area contributed by atoms with E-state index in [0.29, 0.717) is 31.7 Å². The van der Waals surface area contributed by atoms with Gasteiger partial charge in [0.25, 0.3) is 0 Å². The van der Waals surface area contributed by atoms with E-state index in [1.807, 2.05) is 18.2 Å². The Hall–Kier alpha value is -0.440. The summed E-state index contributed by atoms with van der Waals surface area (Å²) in [6.07, 6.45) is 2.49. The molecule has 1 aliphatic carbocycles. The van der Waals surface area contributed by atoms with Crippen LogP contribution in [-0.2, 0) is 6.54 Å². The first-order valence-electron chi connectivity index (χ1n) is 6.72. The maximum absolute atomic E-state index is 6.36. The van der Waals surface area contributed by atoms with Crippen molar-refractivity contribution < 1.29 is 0 Å². The Morgan fingerprint density at radius 3 is 2.19 bits per heavy atom. The fraction of sp³-hybridized carbons (Fsp3) is 0.250. The second-order valence-electron chi connectivity index (χ2n) is 5.16. The Kier molecular flexibility index (Phi) is 4.68. The molecule has 1 saturated carbocycles. The van der Waals surface area contributed by atoms with Crippen molar-refractivity contribution in [3.63, 3.8) is 0 Å². The van der Waals surface area contributed by atoms with E-state index in [1.165, 1.54) is 12.8 Å². The molecule has 0 radical (unpaired) electrons. The van der Waals surface area contributed by atoms with Crippen LogP contribution in [0.3, 0.4) is 0 Å². The van der Waals surface area contributed by atoms with Crippen molar-refractivity contribution in [1.82, 2.24) is 5.32 Å². The van der Waals surface area contributed by atoms with Gasteiger partial charge in [0.15, 0.2) is 0 Å². The van der Waals surface area contributed by atoms with Gasteiger partial charge >= 0.3 is 0 Å². The first-order chi connectivity index (χ1) is 10.1. The van der Waals surface area contributed by atoms with Gasteiger partial charge in [0.1, 0.15) is 0 Å². The van der Waals surface area contributed by atoms with Crippen LogP contribution >= 0.6 is 46.4 Å². The number of nitrogens with one attached hydrogen (secondary N) is 1. The number of halogens is 4. The fourth-order valence-electron chi connectivity index (χ4n) is 2.27. The average molecular weight is 361 g/mol. The van der Waals surface area contributed by atoms with Crippen molar-refractivity contribution in [3.05, 3.63) is 56.0 Å². The Morgan fingerprint density at radius 1 is 0.952 bits per heavy atom. The van der Waals surface area contributed by atoms with E-state index >= 15 is 0 Å². The second-order valence-corrected chi connectivity index (χ2v) is 6.73. The van der Waals surface area contributed by atoms with Gasteiger partial charge in [-0.15, -0.1) is 0 Å². The molecule has 5 heteroatoms. The summed E-state index contributed by atoms with van der Waals surface area (Å²) in [5.74, 6) is 0. The van der Waals surface area contributed by atoms with Crippen LogP contribution in [0.2, 0.25) is 20.1 Å². The zero-order chi connectivity index (χ0) is 15.0. The SMILES string of the molecule is Clc1cc(Cl)c(Cl)c(-c2ccccc2CNC2CC2)c1Cl. The highest BCUT2D eigenvalue weighted by Gasteiger charge is 2.22. The van der Waals surface area contributed by atoms with Gasteiger partial charge in [0, 0.05) is 18.2 Å². The molecule has 21 heavy (non-hydrogen) atoms. The van der Waals surface area contributed by atoms with Gasteiger partial charge in [0.2, 0.25) is 0 Å². The summed E-state index contributed by atoms with van der Waals surface area (Å²) in [6, 6.07) is 10.2. The van der Waals surface area contributed by atoms with Gasteiger partial charge in [-0.25, -0.2) is 0 Å². The summed E-state index contributed by atoms with van der Waals surface area (Å²) in [5.41, 5.74) is 2.79. The quantitative estimate of drug-likeness (QED) is 0.638. The summed E-state index contributed by atoms with van der Waals surface area (Å²) < 4.78 is 0. The minimum absolute atomic E-state index is 0.408. The maximum Gasteiger partial charge on any atom is 0.0686 e. The fourth-order valence-corrected chi connectivity index (χ4v) is 3.28. The Morgan fingerprint density at radius 2 is 1.57 bits per heavy atom. The number of benzene rings is 2. The molecule has 1 aliphatic rings. The molecule has 0 amide bonds. The highest BCUT2D eigenvalue weighted by atomic mass is 35.5. The van der Waals surface area contributed by atoms with Crippen molar-refractivity contribution >= 4 is 46.4 Å². The molecule has 0 aromatic heterocycles. The first-order valence-corrected chi connectivity index (χ1v) is 8.23. The summed E-state index contributed by atoms with van der Waals surface area (Å²) >= 11 is 25.0. The third kappa shape index (κ3) is 3.33. The molecular weight excluding hydrogens is 348 g/mol. The molecule has 0 spiro atoms. The number of hydrogen-bond donors (Lipinski definition) is 1. The smallest absolute Gasteiger partial charge is 0.0686 e. The minimum Gasteiger partial charge on any atom is -0.310 e. The molecule has 0 heterocycles. The van der Waals surface area contributed by atoms with Crippen LogP contribution in [0.5, 0.6) is 0 Å². The molecule has 2 aromatic carbocycles. The Balaban J connectivity index is 2.07. The van der Waals surface area contributed by atoms with E-state index in [-0.39, 0.29) is 0 Å². The predicted octanol–water partition coefficient (Wildman–Crippen LogP) is 6.22. The summed E-state index contributed by atoms with van der Waals surface area (Å²) in [7, 11) is 0. The van der Waals surface area contributed by atoms with Crippen LogP contribution in [0, 0.1) is 0 Å². The molecule has 1 nitrogen and oxygen atoms in total. The van der Waals surface area contributed by atoms with E-state index in [1.54, 1.807) is 6.07 Å². The molecule has 0 aliphatic heterocycles. The van der Waals surface area contributed by atoms with E-state index in [2.05, 4.69) is 11.4 Å². The molecule has 3 rings (SSSR count). The summed E-state index contributed by atoms with van der Waals surface area (Å²) in [6.45, 7) is 0.775. The molecule has 1 fully saturated rings. The van der Waals surface area contributed by atoms with Gasteiger partial charge in [-0.2, -0.15) is 0 Å². The lowest BCUT2D eigenvalue weighted by molar-refractivity contribution is 0.689.